The van der Waals surface area contributed by atoms with E-state index in [2.05, 4.69) is 12.0 Å². The Hall–Kier alpha value is -1.12. The van der Waals surface area contributed by atoms with Crippen LogP contribution in [-0.4, -0.2) is 15.6 Å². The van der Waals surface area contributed by atoms with Crippen LogP contribution in [0.25, 0.3) is 0 Å². The molecule has 2 atom stereocenters. The molecule has 1 saturated carbocycles. The van der Waals surface area contributed by atoms with E-state index in [9.17, 15) is 4.79 Å². The van der Waals surface area contributed by atoms with Gasteiger partial charge in [-0.3, -0.25) is 9.48 Å². The Morgan fingerprint density at radius 1 is 1.56 bits per heavy atom. The number of carbonyl (C=O) groups excluding carboxylic acids is 1. The second kappa shape index (κ2) is 4.81. The zero-order valence-electron chi connectivity index (χ0n) is 10.1. The maximum absolute atomic E-state index is 11.8. The lowest BCUT2D eigenvalue weighted by Crippen LogP contribution is -2.26. The minimum Gasteiger partial charge on any atom is -0.299 e. The Morgan fingerprint density at radius 2 is 2.38 bits per heavy atom. The van der Waals surface area contributed by atoms with E-state index in [0.717, 1.165) is 37.3 Å². The van der Waals surface area contributed by atoms with E-state index in [4.69, 9.17) is 0 Å². The molecule has 0 aromatic carbocycles. The molecule has 1 aromatic heterocycles. The summed E-state index contributed by atoms with van der Waals surface area (Å²) in [7, 11) is 1.92. The maximum atomic E-state index is 11.8. The second-order valence-corrected chi connectivity index (χ2v) is 4.90. The van der Waals surface area contributed by atoms with Crippen molar-refractivity contribution in [1.29, 1.82) is 0 Å². The maximum Gasteiger partial charge on any atom is 0.136 e. The molecule has 1 heterocycles. The van der Waals surface area contributed by atoms with Gasteiger partial charge in [-0.05, 0) is 24.8 Å². The first-order valence-corrected chi connectivity index (χ1v) is 6.20. The van der Waals surface area contributed by atoms with Crippen molar-refractivity contribution in [1.82, 2.24) is 9.78 Å². The van der Waals surface area contributed by atoms with E-state index >= 15 is 0 Å². The van der Waals surface area contributed by atoms with Crippen molar-refractivity contribution in [3.05, 3.63) is 18.0 Å². The monoisotopic (exact) mass is 220 g/mol. The van der Waals surface area contributed by atoms with Crippen molar-refractivity contribution in [2.45, 2.75) is 39.0 Å². The molecule has 2 rings (SSSR count). The first kappa shape index (κ1) is 11.4. The molecule has 0 aliphatic heterocycles. The third-order valence-electron chi connectivity index (χ3n) is 3.67. The van der Waals surface area contributed by atoms with E-state index < -0.39 is 0 Å². The number of aryl methyl sites for hydroxylation is 1. The molecule has 1 fully saturated rings. The van der Waals surface area contributed by atoms with Crippen LogP contribution in [-0.2, 0) is 18.3 Å². The number of aromatic nitrogens is 2. The number of ketones is 1. The van der Waals surface area contributed by atoms with Gasteiger partial charge in [0.25, 0.3) is 0 Å². The van der Waals surface area contributed by atoms with Crippen LogP contribution in [0, 0.1) is 11.8 Å². The highest BCUT2D eigenvalue weighted by Gasteiger charge is 2.28. The van der Waals surface area contributed by atoms with E-state index in [1.807, 2.05) is 19.3 Å². The third-order valence-corrected chi connectivity index (χ3v) is 3.67. The zero-order chi connectivity index (χ0) is 11.5. The van der Waals surface area contributed by atoms with Crippen molar-refractivity contribution in [2.75, 3.05) is 0 Å². The first-order chi connectivity index (χ1) is 7.69. The van der Waals surface area contributed by atoms with Gasteiger partial charge in [0.05, 0.1) is 5.69 Å². The Bertz CT molecular complexity index is 370. The fraction of sp³-hybridized carbons (Fsp3) is 0.692. The summed E-state index contributed by atoms with van der Waals surface area (Å²) in [6.45, 7) is 2.22. The lowest BCUT2D eigenvalue weighted by Gasteiger charge is -2.26. The SMILES string of the molecule is CCC1CCC(=O)C(Cc2ccn(C)n2)C1. The summed E-state index contributed by atoms with van der Waals surface area (Å²) < 4.78 is 1.81. The summed E-state index contributed by atoms with van der Waals surface area (Å²) in [6.07, 6.45) is 6.90. The van der Waals surface area contributed by atoms with Crippen molar-refractivity contribution in [3.8, 4) is 0 Å². The molecule has 1 aliphatic carbocycles. The Balaban J connectivity index is 1.99. The van der Waals surface area contributed by atoms with Crippen LogP contribution in [0.2, 0.25) is 0 Å². The second-order valence-electron chi connectivity index (χ2n) is 4.90. The summed E-state index contributed by atoms with van der Waals surface area (Å²) >= 11 is 0. The van der Waals surface area contributed by atoms with Crippen LogP contribution in [0.3, 0.4) is 0 Å². The number of Topliss-reactive ketones (excluding diaryl/α,β-unsaturated/α-hetero) is 1. The molecular weight excluding hydrogens is 200 g/mol. The van der Waals surface area contributed by atoms with Crippen molar-refractivity contribution >= 4 is 5.78 Å². The predicted octanol–water partition coefficient (Wildman–Crippen LogP) is 2.36. The molecule has 88 valence electrons. The molecule has 1 aromatic rings. The van der Waals surface area contributed by atoms with E-state index in [0.29, 0.717) is 5.78 Å². The molecule has 1 aliphatic rings. The van der Waals surface area contributed by atoms with E-state index in [1.165, 1.54) is 6.42 Å². The lowest BCUT2D eigenvalue weighted by molar-refractivity contribution is -0.125. The van der Waals surface area contributed by atoms with E-state index in [1.54, 1.807) is 4.68 Å². The van der Waals surface area contributed by atoms with Gasteiger partial charge in [-0.25, -0.2) is 0 Å². The van der Waals surface area contributed by atoms with Gasteiger partial charge < -0.3 is 0 Å². The molecule has 0 spiro atoms. The molecule has 0 amide bonds. The highest BCUT2D eigenvalue weighted by Crippen LogP contribution is 2.30. The molecule has 2 unspecified atom stereocenters. The fourth-order valence-electron chi connectivity index (χ4n) is 2.59. The summed E-state index contributed by atoms with van der Waals surface area (Å²) in [5.41, 5.74) is 1.05. The Morgan fingerprint density at radius 3 is 3.00 bits per heavy atom. The van der Waals surface area contributed by atoms with Gasteiger partial charge in [0, 0.05) is 32.0 Å². The normalized spacial score (nSPS) is 26.0. The van der Waals surface area contributed by atoms with Crippen LogP contribution in [0.1, 0.15) is 38.3 Å². The number of carbonyl (C=O) groups is 1. The van der Waals surface area contributed by atoms with Crippen LogP contribution < -0.4 is 0 Å². The molecule has 0 radical (unpaired) electrons. The topological polar surface area (TPSA) is 34.9 Å². The highest BCUT2D eigenvalue weighted by molar-refractivity contribution is 5.81. The number of hydrogen-bond donors (Lipinski definition) is 0. The van der Waals surface area contributed by atoms with Gasteiger partial charge in [-0.2, -0.15) is 5.10 Å². The molecule has 16 heavy (non-hydrogen) atoms. The van der Waals surface area contributed by atoms with Crippen molar-refractivity contribution in [2.24, 2.45) is 18.9 Å². The molecule has 3 heteroatoms. The van der Waals surface area contributed by atoms with Crippen molar-refractivity contribution < 1.29 is 4.79 Å². The average molecular weight is 220 g/mol. The zero-order valence-corrected chi connectivity index (χ0v) is 10.1. The van der Waals surface area contributed by atoms with Gasteiger partial charge in [0.2, 0.25) is 0 Å². The third kappa shape index (κ3) is 2.52. The molecule has 3 nitrogen and oxygen atoms in total. The lowest BCUT2D eigenvalue weighted by atomic mass is 9.77. The van der Waals surface area contributed by atoms with Gasteiger partial charge >= 0.3 is 0 Å². The standard InChI is InChI=1S/C13H20N2O/c1-3-10-4-5-13(16)11(8-10)9-12-6-7-15(2)14-12/h6-7,10-11H,3-5,8-9H2,1-2H3. The molecular formula is C13H20N2O. The quantitative estimate of drug-likeness (QED) is 0.783. The number of hydrogen-bond acceptors (Lipinski definition) is 2. The van der Waals surface area contributed by atoms with Gasteiger partial charge in [0.15, 0.2) is 0 Å². The Kier molecular flexibility index (Phi) is 3.42. The first-order valence-electron chi connectivity index (χ1n) is 6.20. The smallest absolute Gasteiger partial charge is 0.136 e. The highest BCUT2D eigenvalue weighted by atomic mass is 16.1. The average Bonchev–Trinajstić information content (AvgIpc) is 2.67. The largest absolute Gasteiger partial charge is 0.299 e. The van der Waals surface area contributed by atoms with Gasteiger partial charge in [0.1, 0.15) is 5.78 Å². The van der Waals surface area contributed by atoms with Crippen LogP contribution in [0.15, 0.2) is 12.3 Å². The van der Waals surface area contributed by atoms with Gasteiger partial charge in [-0.1, -0.05) is 13.3 Å². The molecule has 0 bridgehead atoms. The fourth-order valence-corrected chi connectivity index (χ4v) is 2.59. The summed E-state index contributed by atoms with van der Waals surface area (Å²) in [5.74, 6) is 1.40. The van der Waals surface area contributed by atoms with Crippen LogP contribution >= 0.6 is 0 Å². The summed E-state index contributed by atoms with van der Waals surface area (Å²) in [6, 6.07) is 2.02. The van der Waals surface area contributed by atoms with E-state index in [-0.39, 0.29) is 5.92 Å². The summed E-state index contributed by atoms with van der Waals surface area (Å²) in [5, 5.41) is 4.35. The minimum atomic E-state index is 0.216. The molecule has 0 N–H and O–H groups in total. The summed E-state index contributed by atoms with van der Waals surface area (Å²) in [4.78, 5) is 11.8. The predicted molar refractivity (Wildman–Crippen MR) is 63.0 cm³/mol. The van der Waals surface area contributed by atoms with Crippen LogP contribution in [0.4, 0.5) is 0 Å². The number of rotatable bonds is 3. The minimum absolute atomic E-state index is 0.216. The Labute approximate surface area is 96.8 Å². The van der Waals surface area contributed by atoms with Crippen LogP contribution in [0.5, 0.6) is 0 Å². The number of nitrogens with zero attached hydrogens (tertiary/aromatic N) is 2. The van der Waals surface area contributed by atoms with Gasteiger partial charge in [-0.15, -0.1) is 0 Å². The van der Waals surface area contributed by atoms with Crippen molar-refractivity contribution in [3.63, 3.8) is 0 Å². The molecule has 0 saturated heterocycles.